The Hall–Kier alpha value is -0.310. The van der Waals surface area contributed by atoms with Crippen molar-refractivity contribution in [3.8, 4) is 0 Å². The van der Waals surface area contributed by atoms with E-state index in [4.69, 9.17) is 10.2 Å². The quantitative estimate of drug-likeness (QED) is 0.540. The maximum Gasteiger partial charge on any atom is 0.429 e. The Balaban J connectivity index is 5.12. The maximum atomic E-state index is 10.8. The van der Waals surface area contributed by atoms with Gasteiger partial charge in [-0.1, -0.05) is 0 Å². The summed E-state index contributed by atoms with van der Waals surface area (Å²) < 4.78 is 71.7. The first kappa shape index (κ1) is 16.7. The summed E-state index contributed by atoms with van der Waals surface area (Å²) in [5, 5.41) is 17.2. The molecular formula is C4H10O10S3. The molecule has 0 rings (SSSR count). The van der Waals surface area contributed by atoms with E-state index < -0.39 is 41.5 Å². The van der Waals surface area contributed by atoms with Crippen molar-refractivity contribution in [1.29, 1.82) is 0 Å². The summed E-state index contributed by atoms with van der Waals surface area (Å²) in [5.41, 5.74) is -4.43. The lowest BCUT2D eigenvalue weighted by Gasteiger charge is -2.09. The first-order valence-corrected chi connectivity index (χ1v) is 8.09. The summed E-state index contributed by atoms with van der Waals surface area (Å²) >= 11 is 0. The van der Waals surface area contributed by atoms with Gasteiger partial charge in [0.05, 0.1) is 0 Å². The van der Waals surface area contributed by atoms with Crippen LogP contribution in [0, 0.1) is 0 Å². The monoisotopic (exact) mass is 314 g/mol. The minimum atomic E-state index is -5.48. The van der Waals surface area contributed by atoms with E-state index in [1.807, 2.05) is 0 Å². The Morgan fingerprint density at radius 3 is 1.18 bits per heavy atom. The predicted octanol–water partition coefficient (Wildman–Crippen LogP) is -2.40. The third-order valence-electron chi connectivity index (χ3n) is 1.19. The van der Waals surface area contributed by atoms with Gasteiger partial charge in [0, 0.05) is 0 Å². The molecule has 0 aromatic heterocycles. The van der Waals surface area contributed by atoms with E-state index in [2.05, 4.69) is 7.26 Å². The van der Waals surface area contributed by atoms with Gasteiger partial charge >= 0.3 is 30.6 Å². The Morgan fingerprint density at radius 1 is 0.765 bits per heavy atom. The van der Waals surface area contributed by atoms with Gasteiger partial charge < -0.3 is 10.2 Å². The second kappa shape index (κ2) is 5.13. The molecule has 0 aromatic rings. The van der Waals surface area contributed by atoms with Gasteiger partial charge in [-0.3, -0.25) is 0 Å². The molecule has 0 saturated carbocycles. The maximum absolute atomic E-state index is 10.8. The highest BCUT2D eigenvalue weighted by Gasteiger charge is 2.34. The number of hydrogen-bond donors (Lipinski definition) is 2. The molecule has 0 bridgehead atoms. The van der Waals surface area contributed by atoms with Gasteiger partial charge in [0.2, 0.25) is 0 Å². The summed E-state index contributed by atoms with van der Waals surface area (Å²) in [4.78, 5) is 0. The van der Waals surface area contributed by atoms with Crippen LogP contribution in [-0.2, 0) is 37.9 Å². The van der Waals surface area contributed by atoms with Crippen LogP contribution >= 0.6 is 0 Å². The topological polar surface area (TPSA) is 161 Å². The van der Waals surface area contributed by atoms with E-state index in [1.165, 1.54) is 0 Å². The van der Waals surface area contributed by atoms with Gasteiger partial charge in [0.25, 0.3) is 0 Å². The second-order valence-electron chi connectivity index (χ2n) is 2.73. The van der Waals surface area contributed by atoms with E-state index in [0.29, 0.717) is 13.8 Å². The molecule has 0 radical (unpaired) electrons. The van der Waals surface area contributed by atoms with Crippen molar-refractivity contribution in [3.05, 3.63) is 0 Å². The van der Waals surface area contributed by atoms with E-state index >= 15 is 0 Å². The van der Waals surface area contributed by atoms with E-state index in [1.54, 1.807) is 0 Å². The van der Waals surface area contributed by atoms with E-state index in [-0.39, 0.29) is 0 Å². The molecule has 2 atom stereocenters. The zero-order valence-electron chi connectivity index (χ0n) is 8.54. The standard InChI is InChI=1S/C4H10O10S3/c1-3(5)15(7,8)13-17(11,12)14-16(9,10)4(2)6/h3-6H,1-2H3. The van der Waals surface area contributed by atoms with Crippen LogP contribution in [0.2, 0.25) is 0 Å². The third-order valence-corrected chi connectivity index (χ3v) is 5.71. The number of aliphatic hydroxyl groups excluding tert-OH is 2. The zero-order valence-corrected chi connectivity index (χ0v) is 11.0. The van der Waals surface area contributed by atoms with Gasteiger partial charge in [-0.05, 0) is 13.8 Å². The number of rotatable bonds is 6. The molecule has 0 heterocycles. The lowest BCUT2D eigenvalue weighted by atomic mass is 10.9. The molecule has 0 aliphatic heterocycles. The number of hydrogen-bond acceptors (Lipinski definition) is 10. The predicted molar refractivity (Wildman–Crippen MR) is 52.3 cm³/mol. The summed E-state index contributed by atoms with van der Waals surface area (Å²) in [6.07, 6.45) is 0. The van der Waals surface area contributed by atoms with Gasteiger partial charge in [-0.2, -0.15) is 25.3 Å². The second-order valence-corrected chi connectivity index (χ2v) is 7.97. The van der Waals surface area contributed by atoms with Crippen LogP contribution in [0.4, 0.5) is 0 Å². The molecule has 0 spiro atoms. The SMILES string of the molecule is CC(O)S(=O)(=O)OS(=O)(=O)OS(=O)(=O)C(C)O. The van der Waals surface area contributed by atoms with Crippen molar-refractivity contribution in [2.75, 3.05) is 0 Å². The normalized spacial score (nSPS) is 17.6. The Kier molecular flexibility index (Phi) is 5.04. The van der Waals surface area contributed by atoms with Crippen LogP contribution in [0.3, 0.4) is 0 Å². The van der Waals surface area contributed by atoms with Gasteiger partial charge in [0.1, 0.15) is 0 Å². The molecule has 2 N–H and O–H groups in total. The van der Waals surface area contributed by atoms with Crippen molar-refractivity contribution in [2.24, 2.45) is 0 Å². The molecule has 0 aromatic carbocycles. The Bertz CT molecular complexity index is 503. The van der Waals surface area contributed by atoms with Crippen molar-refractivity contribution in [3.63, 3.8) is 0 Å². The fourth-order valence-electron chi connectivity index (χ4n) is 0.357. The van der Waals surface area contributed by atoms with Crippen LogP contribution < -0.4 is 0 Å². The molecule has 104 valence electrons. The summed E-state index contributed by atoms with van der Waals surface area (Å²) in [6, 6.07) is 0. The summed E-state index contributed by atoms with van der Waals surface area (Å²) in [5.74, 6) is 0. The van der Waals surface area contributed by atoms with Crippen molar-refractivity contribution in [2.45, 2.75) is 24.7 Å². The minimum Gasteiger partial charge on any atom is -0.375 e. The highest BCUT2D eigenvalue weighted by molar-refractivity contribution is 8.03. The molecule has 2 unspecified atom stereocenters. The lowest BCUT2D eigenvalue weighted by Crippen LogP contribution is -2.29. The summed E-state index contributed by atoms with van der Waals surface area (Å²) in [6.45, 7) is 1.35. The van der Waals surface area contributed by atoms with Crippen LogP contribution in [0.15, 0.2) is 0 Å². The van der Waals surface area contributed by atoms with Gasteiger partial charge in [-0.25, -0.2) is 0 Å². The van der Waals surface area contributed by atoms with E-state index in [9.17, 15) is 25.3 Å². The van der Waals surface area contributed by atoms with Crippen molar-refractivity contribution < 1.29 is 42.7 Å². The van der Waals surface area contributed by atoms with E-state index in [0.717, 1.165) is 0 Å². The Morgan fingerprint density at radius 2 is 1.00 bits per heavy atom. The minimum absolute atomic E-state index is 0.675. The average molecular weight is 314 g/mol. The molecule has 13 heteroatoms. The number of aliphatic hydroxyl groups is 2. The molecule has 0 amide bonds. The average Bonchev–Trinajstić information content (AvgIpc) is 1.98. The first-order valence-electron chi connectivity index (χ1n) is 3.81. The fraction of sp³-hybridized carbons (Fsp3) is 1.00. The summed E-state index contributed by atoms with van der Waals surface area (Å²) in [7, 11) is -15.4. The van der Waals surface area contributed by atoms with Gasteiger partial charge in [-0.15, -0.1) is 7.26 Å². The van der Waals surface area contributed by atoms with Crippen molar-refractivity contribution >= 4 is 30.6 Å². The van der Waals surface area contributed by atoms with Gasteiger partial charge in [0.15, 0.2) is 10.9 Å². The smallest absolute Gasteiger partial charge is 0.375 e. The molecule has 0 saturated heterocycles. The van der Waals surface area contributed by atoms with Crippen LogP contribution in [0.5, 0.6) is 0 Å². The third kappa shape index (κ3) is 5.24. The van der Waals surface area contributed by atoms with Crippen LogP contribution in [0.1, 0.15) is 13.8 Å². The molecule has 0 aliphatic rings. The Labute approximate surface area is 98.4 Å². The highest BCUT2D eigenvalue weighted by atomic mass is 32.3. The lowest BCUT2D eigenvalue weighted by molar-refractivity contribution is 0.243. The largest absolute Gasteiger partial charge is 0.429 e. The first-order chi connectivity index (χ1) is 7.30. The molecule has 0 aliphatic carbocycles. The zero-order chi connectivity index (χ0) is 14.1. The molecule has 17 heavy (non-hydrogen) atoms. The molecular weight excluding hydrogens is 304 g/mol. The van der Waals surface area contributed by atoms with Crippen LogP contribution in [-0.4, -0.2) is 46.3 Å². The van der Waals surface area contributed by atoms with Crippen molar-refractivity contribution in [1.82, 2.24) is 0 Å². The molecule has 10 nitrogen and oxygen atoms in total. The van der Waals surface area contributed by atoms with Crippen LogP contribution in [0.25, 0.3) is 0 Å². The molecule has 0 fully saturated rings. The highest BCUT2D eigenvalue weighted by Crippen LogP contribution is 2.12. The fourth-order valence-corrected chi connectivity index (χ4v) is 3.42.